The molecule has 1 unspecified atom stereocenters. The smallest absolute Gasteiger partial charge is 0.329 e. The van der Waals surface area contributed by atoms with Gasteiger partial charge in [0.2, 0.25) is 5.91 Å². The van der Waals surface area contributed by atoms with Gasteiger partial charge in [-0.3, -0.25) is 4.79 Å². The fourth-order valence-electron chi connectivity index (χ4n) is 1.82. The lowest BCUT2D eigenvalue weighted by molar-refractivity contribution is -0.144. The van der Waals surface area contributed by atoms with Crippen LogP contribution in [0.4, 0.5) is 8.78 Å². The highest BCUT2D eigenvalue weighted by molar-refractivity contribution is 5.83. The van der Waals surface area contributed by atoms with Crippen LogP contribution < -0.4 is 10.6 Å². The molecule has 0 saturated carbocycles. The molecule has 116 valence electrons. The third-order valence-corrected chi connectivity index (χ3v) is 2.72. The van der Waals surface area contributed by atoms with Crippen molar-refractivity contribution in [3.63, 3.8) is 0 Å². The molecule has 0 saturated heterocycles. The Morgan fingerprint density at radius 2 is 1.86 bits per heavy atom. The van der Waals surface area contributed by atoms with Gasteiger partial charge in [-0.1, -0.05) is 0 Å². The zero-order valence-corrected chi connectivity index (χ0v) is 11.9. The largest absolute Gasteiger partial charge is 0.467 e. The highest BCUT2D eigenvalue weighted by Gasteiger charge is 2.19. The van der Waals surface area contributed by atoms with E-state index in [0.717, 1.165) is 6.07 Å². The lowest BCUT2D eigenvalue weighted by Gasteiger charge is -2.16. The number of amides is 1. The second kappa shape index (κ2) is 8.31. The van der Waals surface area contributed by atoms with E-state index in [1.165, 1.54) is 26.2 Å². The summed E-state index contributed by atoms with van der Waals surface area (Å²) < 4.78 is 30.6. The van der Waals surface area contributed by atoms with Gasteiger partial charge in [0.25, 0.3) is 0 Å². The molecule has 0 aliphatic heterocycles. The fourth-order valence-corrected chi connectivity index (χ4v) is 1.82. The first-order valence-electron chi connectivity index (χ1n) is 6.43. The Morgan fingerprint density at radius 3 is 2.38 bits per heavy atom. The number of hydrogen-bond donors (Lipinski definition) is 2. The highest BCUT2D eigenvalue weighted by atomic mass is 19.1. The van der Waals surface area contributed by atoms with Crippen molar-refractivity contribution in [3.8, 4) is 0 Å². The van der Waals surface area contributed by atoms with Crippen LogP contribution in [-0.4, -0.2) is 38.1 Å². The van der Waals surface area contributed by atoms with E-state index in [9.17, 15) is 18.4 Å². The molecule has 2 N–H and O–H groups in total. The Hall–Kier alpha value is -2.02. The number of ether oxygens (including phenoxy) is 1. The topological polar surface area (TPSA) is 67.4 Å². The molecule has 1 amide bonds. The second-order valence-electron chi connectivity index (χ2n) is 4.51. The van der Waals surface area contributed by atoms with Gasteiger partial charge in [0, 0.05) is 19.5 Å². The molecule has 0 bridgehead atoms. The van der Waals surface area contributed by atoms with Gasteiger partial charge in [0.05, 0.1) is 7.11 Å². The minimum atomic E-state index is -0.795. The fraction of sp³-hybridized carbons (Fsp3) is 0.429. The number of halogens is 2. The van der Waals surface area contributed by atoms with E-state index in [-0.39, 0.29) is 12.5 Å². The number of carbonyl (C=O) groups is 2. The predicted molar refractivity (Wildman–Crippen MR) is 72.6 cm³/mol. The van der Waals surface area contributed by atoms with Crippen molar-refractivity contribution in [2.45, 2.75) is 19.4 Å². The van der Waals surface area contributed by atoms with E-state index < -0.39 is 23.6 Å². The molecule has 21 heavy (non-hydrogen) atoms. The summed E-state index contributed by atoms with van der Waals surface area (Å²) >= 11 is 0. The maximum atomic E-state index is 13.0. The zero-order valence-electron chi connectivity index (χ0n) is 11.9. The molecule has 1 aromatic rings. The Labute approximate surface area is 121 Å². The summed E-state index contributed by atoms with van der Waals surface area (Å²) in [5, 5.41) is 5.38. The van der Waals surface area contributed by atoms with Crippen LogP contribution >= 0.6 is 0 Å². The van der Waals surface area contributed by atoms with Crippen LogP contribution in [0.25, 0.3) is 0 Å². The Bertz CT molecular complexity index is 489. The minimum Gasteiger partial charge on any atom is -0.467 e. The predicted octanol–water partition coefficient (Wildman–Crippen LogP) is 0.775. The van der Waals surface area contributed by atoms with Crippen LogP contribution in [-0.2, 0) is 20.7 Å². The summed E-state index contributed by atoms with van der Waals surface area (Å²) in [4.78, 5) is 22.4. The number of methoxy groups -OCH3 is 1. The third kappa shape index (κ3) is 6.31. The van der Waals surface area contributed by atoms with E-state index in [4.69, 9.17) is 0 Å². The Kier molecular flexibility index (Phi) is 6.74. The lowest BCUT2D eigenvalue weighted by Crippen LogP contribution is -2.47. The van der Waals surface area contributed by atoms with Gasteiger partial charge in [-0.05, 0) is 30.7 Å². The quantitative estimate of drug-likeness (QED) is 0.577. The van der Waals surface area contributed by atoms with Gasteiger partial charge >= 0.3 is 5.97 Å². The minimum absolute atomic E-state index is 0.171. The summed E-state index contributed by atoms with van der Waals surface area (Å²) in [5.74, 6) is -2.17. The second-order valence-corrected chi connectivity index (χ2v) is 4.51. The van der Waals surface area contributed by atoms with Crippen LogP contribution in [0.5, 0.6) is 0 Å². The third-order valence-electron chi connectivity index (χ3n) is 2.72. The van der Waals surface area contributed by atoms with E-state index in [1.807, 2.05) is 0 Å². The molecule has 1 rings (SSSR count). The number of carbonyl (C=O) groups excluding carboxylic acids is 2. The molecule has 5 nitrogen and oxygen atoms in total. The molecule has 1 atom stereocenters. The van der Waals surface area contributed by atoms with Gasteiger partial charge < -0.3 is 15.4 Å². The maximum Gasteiger partial charge on any atom is 0.329 e. The zero-order chi connectivity index (χ0) is 15.8. The van der Waals surface area contributed by atoms with Gasteiger partial charge in [-0.2, -0.15) is 0 Å². The molecule has 0 heterocycles. The van der Waals surface area contributed by atoms with Crippen molar-refractivity contribution < 1.29 is 23.1 Å². The lowest BCUT2D eigenvalue weighted by atomic mass is 10.1. The molecule has 0 fully saturated rings. The van der Waals surface area contributed by atoms with E-state index in [2.05, 4.69) is 15.4 Å². The maximum absolute atomic E-state index is 13.0. The molecule has 0 aliphatic carbocycles. The SMILES string of the molecule is COC(=O)C(CNCCc1cc(F)cc(F)c1)NC(C)=O. The number of esters is 1. The van der Waals surface area contributed by atoms with Crippen LogP contribution in [0, 0.1) is 11.6 Å². The Morgan fingerprint density at radius 1 is 1.24 bits per heavy atom. The average molecular weight is 300 g/mol. The van der Waals surface area contributed by atoms with Gasteiger partial charge in [-0.15, -0.1) is 0 Å². The first-order valence-corrected chi connectivity index (χ1v) is 6.43. The van der Waals surface area contributed by atoms with Gasteiger partial charge in [-0.25, -0.2) is 13.6 Å². The van der Waals surface area contributed by atoms with E-state index in [0.29, 0.717) is 18.5 Å². The number of rotatable bonds is 7. The summed E-state index contributed by atoms with van der Waals surface area (Å²) in [6.45, 7) is 1.87. The van der Waals surface area contributed by atoms with Crippen molar-refractivity contribution in [1.29, 1.82) is 0 Å². The molecule has 0 spiro atoms. The van der Waals surface area contributed by atoms with Crippen molar-refractivity contribution in [1.82, 2.24) is 10.6 Å². The summed E-state index contributed by atoms with van der Waals surface area (Å²) in [5.41, 5.74) is 0.508. The van der Waals surface area contributed by atoms with Crippen LogP contribution in [0.3, 0.4) is 0 Å². The molecule has 0 radical (unpaired) electrons. The van der Waals surface area contributed by atoms with Crippen LogP contribution in [0.2, 0.25) is 0 Å². The van der Waals surface area contributed by atoms with Gasteiger partial charge in [0.1, 0.15) is 17.7 Å². The molecular weight excluding hydrogens is 282 g/mol. The number of nitrogens with one attached hydrogen (secondary N) is 2. The molecule has 0 aliphatic rings. The summed E-state index contributed by atoms with van der Waals surface area (Å²) in [6, 6.07) is 2.50. The number of benzene rings is 1. The average Bonchev–Trinajstić information content (AvgIpc) is 2.39. The summed E-state index contributed by atoms with van der Waals surface area (Å²) in [7, 11) is 1.23. The molecule has 7 heteroatoms. The van der Waals surface area contributed by atoms with Crippen molar-refractivity contribution in [3.05, 3.63) is 35.4 Å². The highest BCUT2D eigenvalue weighted by Crippen LogP contribution is 2.08. The van der Waals surface area contributed by atoms with Crippen molar-refractivity contribution in [2.75, 3.05) is 20.2 Å². The van der Waals surface area contributed by atoms with Crippen molar-refractivity contribution in [2.24, 2.45) is 0 Å². The van der Waals surface area contributed by atoms with Crippen molar-refractivity contribution >= 4 is 11.9 Å². The first-order chi connectivity index (χ1) is 9.92. The van der Waals surface area contributed by atoms with Gasteiger partial charge in [0.15, 0.2) is 0 Å². The van der Waals surface area contributed by atoms with Crippen LogP contribution in [0.15, 0.2) is 18.2 Å². The standard InChI is InChI=1S/C14H18F2N2O3/c1-9(19)18-13(14(20)21-2)8-17-4-3-10-5-11(15)7-12(16)6-10/h5-7,13,17H,3-4,8H2,1-2H3,(H,18,19). The Balaban J connectivity index is 2.43. The molecule has 1 aromatic carbocycles. The summed E-state index contributed by atoms with van der Waals surface area (Å²) in [6.07, 6.45) is 0.392. The molecular formula is C14H18F2N2O3. The van der Waals surface area contributed by atoms with Crippen LogP contribution in [0.1, 0.15) is 12.5 Å². The first kappa shape index (κ1) is 17.0. The molecule has 0 aromatic heterocycles. The number of hydrogen-bond acceptors (Lipinski definition) is 4. The van der Waals surface area contributed by atoms with E-state index in [1.54, 1.807) is 0 Å². The monoisotopic (exact) mass is 300 g/mol. The van der Waals surface area contributed by atoms with E-state index >= 15 is 0 Å². The normalized spacial score (nSPS) is 11.8.